The highest BCUT2D eigenvalue weighted by atomic mass is 16.2. The normalized spacial score (nSPS) is 21.7. The summed E-state index contributed by atoms with van der Waals surface area (Å²) in [4.78, 5) is 17.8. The van der Waals surface area contributed by atoms with Gasteiger partial charge in [0.1, 0.15) is 11.4 Å². The van der Waals surface area contributed by atoms with Gasteiger partial charge in [-0.05, 0) is 18.4 Å². The summed E-state index contributed by atoms with van der Waals surface area (Å²) in [6.07, 6.45) is 4.13. The third-order valence-corrected chi connectivity index (χ3v) is 4.05. The van der Waals surface area contributed by atoms with Gasteiger partial charge in [0.15, 0.2) is 0 Å². The van der Waals surface area contributed by atoms with Crippen molar-refractivity contribution in [2.45, 2.75) is 37.8 Å². The Morgan fingerprint density at radius 1 is 1.22 bits per heavy atom. The maximum Gasteiger partial charge on any atom is 0.346 e. The summed E-state index contributed by atoms with van der Waals surface area (Å²) in [6.45, 7) is 0.601. The van der Waals surface area contributed by atoms with E-state index < -0.39 is 0 Å². The molecule has 3 rings (SSSR count). The molecule has 0 bridgehead atoms. The highest BCUT2D eigenvalue weighted by molar-refractivity contribution is 6.05. The van der Waals surface area contributed by atoms with Gasteiger partial charge in [-0.15, -0.1) is 0 Å². The minimum absolute atomic E-state index is 0.182. The van der Waals surface area contributed by atoms with Crippen LogP contribution >= 0.6 is 0 Å². The first-order valence-electron chi connectivity index (χ1n) is 6.42. The fourth-order valence-electron chi connectivity index (χ4n) is 3.06. The number of carbonyl (C=O) groups is 1. The van der Waals surface area contributed by atoms with E-state index in [1.165, 1.54) is 0 Å². The topological polar surface area (TPSA) is 58.7 Å². The fraction of sp³-hybridized carbons (Fsp3) is 0.429. The Balaban J connectivity index is 1.89. The number of urea groups is 1. The zero-order chi connectivity index (χ0) is 12.6. The molecule has 1 heterocycles. The van der Waals surface area contributed by atoms with Gasteiger partial charge in [-0.3, -0.25) is 0 Å². The van der Waals surface area contributed by atoms with Gasteiger partial charge in [0, 0.05) is 6.54 Å². The van der Waals surface area contributed by atoms with Crippen LogP contribution in [0.4, 0.5) is 4.79 Å². The van der Waals surface area contributed by atoms with Crippen LogP contribution in [-0.2, 0) is 6.54 Å². The molecule has 18 heavy (non-hydrogen) atoms. The Morgan fingerprint density at radius 3 is 2.56 bits per heavy atom. The predicted molar refractivity (Wildman–Crippen MR) is 70.2 cm³/mol. The van der Waals surface area contributed by atoms with Crippen LogP contribution in [0.5, 0.6) is 0 Å². The molecule has 2 amide bonds. The quantitative estimate of drug-likeness (QED) is 0.866. The lowest BCUT2D eigenvalue weighted by Crippen LogP contribution is -2.51. The predicted octanol–water partition coefficient (Wildman–Crippen LogP) is 2.29. The molecule has 1 aromatic rings. The van der Waals surface area contributed by atoms with Crippen LogP contribution in [-0.4, -0.2) is 22.3 Å². The van der Waals surface area contributed by atoms with Crippen molar-refractivity contribution in [2.24, 2.45) is 10.7 Å². The van der Waals surface area contributed by atoms with Gasteiger partial charge in [0.25, 0.3) is 0 Å². The summed E-state index contributed by atoms with van der Waals surface area (Å²) in [7, 11) is 0. The third kappa shape index (κ3) is 1.60. The zero-order valence-electron chi connectivity index (χ0n) is 10.3. The molecule has 1 spiro atoms. The van der Waals surface area contributed by atoms with Gasteiger partial charge < -0.3 is 10.6 Å². The van der Waals surface area contributed by atoms with Crippen molar-refractivity contribution in [2.75, 3.05) is 0 Å². The Hall–Kier alpha value is -1.84. The number of nitrogens with two attached hydrogens (primary N) is 1. The minimum Gasteiger partial charge on any atom is -0.385 e. The van der Waals surface area contributed by atoms with Crippen LogP contribution in [0.15, 0.2) is 35.3 Å². The van der Waals surface area contributed by atoms with Crippen molar-refractivity contribution in [3.05, 3.63) is 35.9 Å². The first kappa shape index (κ1) is 11.3. The summed E-state index contributed by atoms with van der Waals surface area (Å²) in [6, 6.07) is 9.83. The average molecular weight is 243 g/mol. The van der Waals surface area contributed by atoms with E-state index in [9.17, 15) is 4.79 Å². The highest BCUT2D eigenvalue weighted by Gasteiger charge is 2.49. The van der Waals surface area contributed by atoms with Crippen molar-refractivity contribution in [1.29, 1.82) is 0 Å². The lowest BCUT2D eigenvalue weighted by atomic mass is 9.94. The molecule has 0 aromatic heterocycles. The minimum atomic E-state index is -0.299. The Kier molecular flexibility index (Phi) is 2.58. The molecular weight excluding hydrogens is 226 g/mol. The highest BCUT2D eigenvalue weighted by Crippen LogP contribution is 2.39. The van der Waals surface area contributed by atoms with E-state index in [1.807, 2.05) is 35.2 Å². The Labute approximate surface area is 106 Å². The summed E-state index contributed by atoms with van der Waals surface area (Å²) in [5, 5.41) is 0. The van der Waals surface area contributed by atoms with Gasteiger partial charge in [-0.25, -0.2) is 4.79 Å². The number of hydrogen-bond donors (Lipinski definition) is 1. The molecule has 0 atom stereocenters. The molecule has 2 N–H and O–H groups in total. The van der Waals surface area contributed by atoms with Crippen molar-refractivity contribution >= 4 is 11.9 Å². The van der Waals surface area contributed by atoms with E-state index in [0.717, 1.165) is 31.2 Å². The van der Waals surface area contributed by atoms with Gasteiger partial charge in [-0.2, -0.15) is 4.99 Å². The Morgan fingerprint density at radius 2 is 1.89 bits per heavy atom. The number of benzene rings is 1. The summed E-state index contributed by atoms with van der Waals surface area (Å²) >= 11 is 0. The second-order valence-corrected chi connectivity index (χ2v) is 5.09. The Bertz CT molecular complexity index is 489. The number of aliphatic imine (C=N–C) groups is 1. The van der Waals surface area contributed by atoms with Crippen molar-refractivity contribution in [3.8, 4) is 0 Å². The first-order chi connectivity index (χ1) is 8.72. The van der Waals surface area contributed by atoms with Gasteiger partial charge in [0.05, 0.1) is 0 Å². The average Bonchev–Trinajstić information content (AvgIpc) is 2.94. The lowest BCUT2D eigenvalue weighted by molar-refractivity contribution is 0.168. The fourth-order valence-corrected chi connectivity index (χ4v) is 3.06. The molecule has 1 aliphatic carbocycles. The number of amides is 2. The molecular formula is C14H17N3O. The first-order valence-corrected chi connectivity index (χ1v) is 6.42. The molecule has 0 unspecified atom stereocenters. The molecule has 1 aromatic carbocycles. The van der Waals surface area contributed by atoms with Crippen LogP contribution in [0.2, 0.25) is 0 Å². The molecule has 1 fully saturated rings. The standard InChI is InChI=1S/C14H17N3O/c15-12-14(8-4-5-9-14)17(13(18)16-12)10-11-6-2-1-3-7-11/h1-3,6-7H,4-5,8-10H2,(H2,15,16,18). The molecule has 0 saturated heterocycles. The number of nitrogens with zero attached hydrogens (tertiary/aromatic N) is 2. The summed E-state index contributed by atoms with van der Waals surface area (Å²) in [5.74, 6) is 0.515. The number of hydrogen-bond acceptors (Lipinski definition) is 2. The summed E-state index contributed by atoms with van der Waals surface area (Å²) < 4.78 is 0. The summed E-state index contributed by atoms with van der Waals surface area (Å²) in [5.41, 5.74) is 6.83. The van der Waals surface area contributed by atoms with Crippen LogP contribution in [0, 0.1) is 0 Å². The van der Waals surface area contributed by atoms with E-state index in [2.05, 4.69) is 4.99 Å². The van der Waals surface area contributed by atoms with Gasteiger partial charge >= 0.3 is 6.03 Å². The van der Waals surface area contributed by atoms with Crippen molar-refractivity contribution in [1.82, 2.24) is 4.90 Å². The van der Waals surface area contributed by atoms with E-state index in [4.69, 9.17) is 5.73 Å². The van der Waals surface area contributed by atoms with Crippen LogP contribution < -0.4 is 5.73 Å². The second-order valence-electron chi connectivity index (χ2n) is 5.09. The number of carbonyl (C=O) groups excluding carboxylic acids is 1. The largest absolute Gasteiger partial charge is 0.385 e. The second kappa shape index (κ2) is 4.12. The van der Waals surface area contributed by atoms with E-state index in [0.29, 0.717) is 12.4 Å². The number of amidine groups is 1. The lowest BCUT2D eigenvalue weighted by Gasteiger charge is -2.34. The van der Waals surface area contributed by atoms with E-state index in [1.54, 1.807) is 0 Å². The van der Waals surface area contributed by atoms with Crippen LogP contribution in [0.1, 0.15) is 31.2 Å². The van der Waals surface area contributed by atoms with Crippen molar-refractivity contribution < 1.29 is 4.79 Å². The molecule has 0 radical (unpaired) electrons. The zero-order valence-corrected chi connectivity index (χ0v) is 10.3. The van der Waals surface area contributed by atoms with Crippen LogP contribution in [0.25, 0.3) is 0 Å². The third-order valence-electron chi connectivity index (χ3n) is 4.05. The van der Waals surface area contributed by atoms with Gasteiger partial charge in [0.2, 0.25) is 0 Å². The number of rotatable bonds is 2. The van der Waals surface area contributed by atoms with E-state index in [-0.39, 0.29) is 11.6 Å². The molecule has 4 heteroatoms. The molecule has 1 saturated carbocycles. The van der Waals surface area contributed by atoms with Crippen molar-refractivity contribution in [3.63, 3.8) is 0 Å². The van der Waals surface area contributed by atoms with E-state index >= 15 is 0 Å². The smallest absolute Gasteiger partial charge is 0.346 e. The molecule has 4 nitrogen and oxygen atoms in total. The molecule has 2 aliphatic rings. The SMILES string of the molecule is NC1=NC(=O)N(Cc2ccccc2)C12CCCC2. The molecule has 1 aliphatic heterocycles. The van der Waals surface area contributed by atoms with Gasteiger partial charge in [-0.1, -0.05) is 43.2 Å². The monoisotopic (exact) mass is 243 g/mol. The maximum absolute atomic E-state index is 12.0. The maximum atomic E-state index is 12.0. The van der Waals surface area contributed by atoms with Crippen LogP contribution in [0.3, 0.4) is 0 Å². The molecule has 94 valence electrons.